The molecule has 1 atom stereocenters. The van der Waals surface area contributed by atoms with Gasteiger partial charge < -0.3 is 10.5 Å². The lowest BCUT2D eigenvalue weighted by molar-refractivity contribution is -0.143. The summed E-state index contributed by atoms with van der Waals surface area (Å²) in [5, 5.41) is -0.193. The molecule has 1 aromatic carbocycles. The molecule has 0 bridgehead atoms. The fourth-order valence-corrected chi connectivity index (χ4v) is 2.44. The first-order chi connectivity index (χ1) is 8.81. The molecule has 0 aliphatic rings. The first-order valence-corrected chi connectivity index (χ1v) is 7.14. The molecule has 106 valence electrons. The van der Waals surface area contributed by atoms with Gasteiger partial charge in [-0.05, 0) is 25.0 Å². The summed E-state index contributed by atoms with van der Waals surface area (Å²) in [7, 11) is 0. The van der Waals surface area contributed by atoms with Gasteiger partial charge in [-0.25, -0.2) is 4.39 Å². The maximum absolute atomic E-state index is 13.2. The number of halogens is 2. The summed E-state index contributed by atoms with van der Waals surface area (Å²) in [4.78, 5) is 12.3. The first kappa shape index (κ1) is 16.1. The average Bonchev–Trinajstić information content (AvgIpc) is 2.32. The molecule has 0 spiro atoms. The third-order valence-electron chi connectivity index (χ3n) is 2.25. The van der Waals surface area contributed by atoms with Gasteiger partial charge in [0.2, 0.25) is 0 Å². The fourth-order valence-electron chi connectivity index (χ4n) is 1.24. The summed E-state index contributed by atoms with van der Waals surface area (Å²) < 4.78 is 18.3. The van der Waals surface area contributed by atoms with Gasteiger partial charge in [-0.15, -0.1) is 11.8 Å². The highest BCUT2D eigenvalue weighted by Crippen LogP contribution is 2.33. The molecule has 1 unspecified atom stereocenters. The SMILES string of the molecule is CC(C)COC(=O)C(C)Sc1cc(N)c(F)cc1Cl. The molecule has 19 heavy (non-hydrogen) atoms. The van der Waals surface area contributed by atoms with Crippen molar-refractivity contribution >= 4 is 35.0 Å². The van der Waals surface area contributed by atoms with Crippen molar-refractivity contribution in [3.05, 3.63) is 23.0 Å². The van der Waals surface area contributed by atoms with Crippen LogP contribution in [0, 0.1) is 11.7 Å². The Labute approximate surface area is 121 Å². The second kappa shape index (κ2) is 7.01. The Morgan fingerprint density at radius 2 is 2.11 bits per heavy atom. The number of hydrogen-bond donors (Lipinski definition) is 1. The quantitative estimate of drug-likeness (QED) is 0.511. The van der Waals surface area contributed by atoms with Crippen molar-refractivity contribution in [2.75, 3.05) is 12.3 Å². The highest BCUT2D eigenvalue weighted by atomic mass is 35.5. The second-order valence-electron chi connectivity index (χ2n) is 4.59. The summed E-state index contributed by atoms with van der Waals surface area (Å²) >= 11 is 7.11. The molecule has 0 aliphatic carbocycles. The van der Waals surface area contributed by atoms with Crippen molar-refractivity contribution < 1.29 is 13.9 Å². The number of carbonyl (C=O) groups excluding carboxylic acids is 1. The predicted octanol–water partition coefficient (Wildman–Crippen LogP) is 3.74. The van der Waals surface area contributed by atoms with E-state index in [-0.39, 0.29) is 22.6 Å². The summed E-state index contributed by atoms with van der Waals surface area (Å²) in [6.45, 7) is 6.01. The van der Waals surface area contributed by atoms with Crippen molar-refractivity contribution in [3.63, 3.8) is 0 Å². The molecule has 0 amide bonds. The van der Waals surface area contributed by atoms with Crippen LogP contribution in [-0.4, -0.2) is 17.8 Å². The number of carbonyl (C=O) groups is 1. The maximum Gasteiger partial charge on any atom is 0.319 e. The maximum atomic E-state index is 13.2. The number of thioether (sulfide) groups is 1. The summed E-state index contributed by atoms with van der Waals surface area (Å²) in [5.41, 5.74) is 5.49. The zero-order valence-electron chi connectivity index (χ0n) is 11.1. The van der Waals surface area contributed by atoms with Crippen molar-refractivity contribution in [2.45, 2.75) is 30.9 Å². The van der Waals surface area contributed by atoms with Gasteiger partial charge in [0.1, 0.15) is 11.1 Å². The van der Waals surface area contributed by atoms with Crippen molar-refractivity contribution in [1.29, 1.82) is 0 Å². The van der Waals surface area contributed by atoms with Gasteiger partial charge in [0.15, 0.2) is 0 Å². The van der Waals surface area contributed by atoms with E-state index in [0.29, 0.717) is 11.5 Å². The Morgan fingerprint density at radius 1 is 1.47 bits per heavy atom. The van der Waals surface area contributed by atoms with Crippen LogP contribution in [0.1, 0.15) is 20.8 Å². The summed E-state index contributed by atoms with van der Waals surface area (Å²) in [6, 6.07) is 2.57. The van der Waals surface area contributed by atoms with Crippen molar-refractivity contribution in [1.82, 2.24) is 0 Å². The van der Waals surface area contributed by atoms with E-state index in [0.717, 1.165) is 6.07 Å². The average molecular weight is 306 g/mol. The highest BCUT2D eigenvalue weighted by Gasteiger charge is 2.18. The van der Waals surface area contributed by atoms with E-state index in [1.165, 1.54) is 17.8 Å². The number of hydrogen-bond acceptors (Lipinski definition) is 4. The van der Waals surface area contributed by atoms with Crippen LogP contribution in [0.5, 0.6) is 0 Å². The van der Waals surface area contributed by atoms with Gasteiger partial charge in [0.25, 0.3) is 0 Å². The second-order valence-corrected chi connectivity index (χ2v) is 6.38. The van der Waals surface area contributed by atoms with Gasteiger partial charge in [0.05, 0.1) is 17.3 Å². The molecule has 6 heteroatoms. The van der Waals surface area contributed by atoms with E-state index in [1.54, 1.807) is 6.92 Å². The number of esters is 1. The molecule has 1 aromatic rings. The van der Waals surface area contributed by atoms with E-state index in [2.05, 4.69) is 0 Å². The highest BCUT2D eigenvalue weighted by molar-refractivity contribution is 8.00. The van der Waals surface area contributed by atoms with Crippen molar-refractivity contribution in [2.24, 2.45) is 5.92 Å². The lowest BCUT2D eigenvalue weighted by Gasteiger charge is -2.13. The molecule has 0 radical (unpaired) electrons. The van der Waals surface area contributed by atoms with E-state index >= 15 is 0 Å². The van der Waals surface area contributed by atoms with Gasteiger partial charge in [0, 0.05) is 4.90 Å². The van der Waals surface area contributed by atoms with Gasteiger partial charge >= 0.3 is 5.97 Å². The molecule has 0 saturated carbocycles. The minimum absolute atomic E-state index is 0.00893. The van der Waals surface area contributed by atoms with Crippen LogP contribution in [0.15, 0.2) is 17.0 Å². The number of nitrogens with two attached hydrogens (primary N) is 1. The Hall–Kier alpha value is -0.940. The lowest BCUT2D eigenvalue weighted by atomic mass is 10.2. The van der Waals surface area contributed by atoms with Gasteiger partial charge in [-0.2, -0.15) is 0 Å². The zero-order chi connectivity index (χ0) is 14.6. The molecular formula is C13H17ClFNO2S. The molecular weight excluding hydrogens is 289 g/mol. The van der Waals surface area contributed by atoms with Gasteiger partial charge in [-0.3, -0.25) is 4.79 Å². The van der Waals surface area contributed by atoms with Crippen LogP contribution < -0.4 is 5.73 Å². The standard InChI is InChI=1S/C13H17ClFNO2S/c1-7(2)6-18-13(17)8(3)19-12-5-11(16)10(15)4-9(12)14/h4-5,7-8H,6,16H2,1-3H3. The number of nitrogen functional groups attached to an aromatic ring is 1. The molecule has 0 fully saturated rings. The van der Waals surface area contributed by atoms with Crippen LogP contribution in [0.25, 0.3) is 0 Å². The molecule has 1 rings (SSSR count). The van der Waals surface area contributed by atoms with Crippen LogP contribution in [0.2, 0.25) is 5.02 Å². The summed E-state index contributed by atoms with van der Waals surface area (Å²) in [6.07, 6.45) is 0. The smallest absolute Gasteiger partial charge is 0.319 e. The Morgan fingerprint density at radius 3 is 2.68 bits per heavy atom. The predicted molar refractivity (Wildman–Crippen MR) is 76.9 cm³/mol. The molecule has 2 N–H and O–H groups in total. The Kier molecular flexibility index (Phi) is 5.94. The number of ether oxygens (including phenoxy) is 1. The third-order valence-corrected chi connectivity index (χ3v) is 3.81. The minimum atomic E-state index is -0.565. The van der Waals surface area contributed by atoms with Crippen molar-refractivity contribution in [3.8, 4) is 0 Å². The largest absolute Gasteiger partial charge is 0.465 e. The number of benzene rings is 1. The number of rotatable bonds is 5. The molecule has 3 nitrogen and oxygen atoms in total. The minimum Gasteiger partial charge on any atom is -0.465 e. The summed E-state index contributed by atoms with van der Waals surface area (Å²) in [5.74, 6) is -0.603. The van der Waals surface area contributed by atoms with Crippen LogP contribution in [-0.2, 0) is 9.53 Å². The normalized spacial score (nSPS) is 12.5. The van der Waals surface area contributed by atoms with Crippen LogP contribution >= 0.6 is 23.4 Å². The van der Waals surface area contributed by atoms with Crippen LogP contribution in [0.4, 0.5) is 10.1 Å². The van der Waals surface area contributed by atoms with E-state index in [4.69, 9.17) is 22.1 Å². The molecule has 0 saturated heterocycles. The first-order valence-electron chi connectivity index (χ1n) is 5.89. The van der Waals surface area contributed by atoms with E-state index < -0.39 is 11.1 Å². The van der Waals surface area contributed by atoms with Gasteiger partial charge in [-0.1, -0.05) is 25.4 Å². The zero-order valence-corrected chi connectivity index (χ0v) is 12.6. The third kappa shape index (κ3) is 4.91. The topological polar surface area (TPSA) is 52.3 Å². The molecule has 0 heterocycles. The Balaban J connectivity index is 2.69. The molecule has 0 aliphatic heterocycles. The lowest BCUT2D eigenvalue weighted by Crippen LogP contribution is -2.19. The number of anilines is 1. The Bertz CT molecular complexity index is 468. The molecule has 0 aromatic heterocycles. The van der Waals surface area contributed by atoms with E-state index in [1.807, 2.05) is 13.8 Å². The van der Waals surface area contributed by atoms with E-state index in [9.17, 15) is 9.18 Å². The monoisotopic (exact) mass is 305 g/mol. The van der Waals surface area contributed by atoms with Crippen LogP contribution in [0.3, 0.4) is 0 Å². The fraction of sp³-hybridized carbons (Fsp3) is 0.462.